The average Bonchev–Trinajstić information content (AvgIpc) is 2.65. The Hall–Kier alpha value is -2.56. The van der Waals surface area contributed by atoms with Crippen LogP contribution in [0.25, 0.3) is 0 Å². The van der Waals surface area contributed by atoms with Crippen molar-refractivity contribution in [1.29, 1.82) is 0 Å². The number of ether oxygens (including phenoxy) is 2. The van der Waals surface area contributed by atoms with Gasteiger partial charge < -0.3 is 19.7 Å². The van der Waals surface area contributed by atoms with E-state index in [4.69, 9.17) is 16.3 Å². The van der Waals surface area contributed by atoms with Gasteiger partial charge in [-0.25, -0.2) is 9.78 Å². The Labute approximate surface area is 162 Å². The molecular formula is C16H17ClF3N3O5. The molecule has 2 amide bonds. The molecule has 1 N–H and O–H groups in total. The number of anilines is 1. The number of likely N-dealkylation sites (tertiary alicyclic amines) is 1. The molecule has 0 unspecified atom stereocenters. The van der Waals surface area contributed by atoms with Crippen molar-refractivity contribution in [2.75, 3.05) is 31.6 Å². The highest BCUT2D eigenvalue weighted by Crippen LogP contribution is 2.21. The lowest BCUT2D eigenvalue weighted by atomic mass is 9.97. The maximum absolute atomic E-state index is 12.1. The van der Waals surface area contributed by atoms with Crippen LogP contribution in [0.15, 0.2) is 18.3 Å². The first-order chi connectivity index (χ1) is 13.1. The van der Waals surface area contributed by atoms with Gasteiger partial charge in [0, 0.05) is 19.3 Å². The lowest BCUT2D eigenvalue weighted by molar-refractivity contribution is -0.163. The van der Waals surface area contributed by atoms with Crippen LogP contribution in [0.5, 0.6) is 0 Å². The lowest BCUT2D eigenvalue weighted by Gasteiger charge is -2.30. The van der Waals surface area contributed by atoms with Gasteiger partial charge in [0.05, 0.1) is 10.9 Å². The van der Waals surface area contributed by atoms with E-state index in [2.05, 4.69) is 15.0 Å². The standard InChI is InChI=1S/C16H17ClF3N3O5/c17-11-1-2-12(21-7-11)22-13(24)8-27-14(25)10-3-5-23(6-4-10)15(26)28-9-16(18,19)20/h1-2,7,10H,3-6,8-9H2,(H,21,22,24). The van der Waals surface area contributed by atoms with Gasteiger partial charge in [0.15, 0.2) is 13.2 Å². The second kappa shape index (κ2) is 9.58. The summed E-state index contributed by atoms with van der Waals surface area (Å²) < 4.78 is 45.3. The Morgan fingerprint density at radius 1 is 1.21 bits per heavy atom. The summed E-state index contributed by atoms with van der Waals surface area (Å²) in [5.41, 5.74) is 0. The fraction of sp³-hybridized carbons (Fsp3) is 0.500. The topological polar surface area (TPSA) is 97.8 Å². The normalized spacial score (nSPS) is 15.1. The van der Waals surface area contributed by atoms with Gasteiger partial charge >= 0.3 is 18.2 Å². The molecule has 1 saturated heterocycles. The molecule has 28 heavy (non-hydrogen) atoms. The van der Waals surface area contributed by atoms with Crippen molar-refractivity contribution in [2.24, 2.45) is 5.92 Å². The summed E-state index contributed by atoms with van der Waals surface area (Å²) in [6, 6.07) is 3.01. The molecule has 0 spiro atoms. The molecular weight excluding hydrogens is 407 g/mol. The molecule has 0 saturated carbocycles. The minimum absolute atomic E-state index is 0.0529. The van der Waals surface area contributed by atoms with Gasteiger partial charge in [0.25, 0.3) is 5.91 Å². The van der Waals surface area contributed by atoms with E-state index in [0.29, 0.717) is 5.02 Å². The van der Waals surface area contributed by atoms with Crippen molar-refractivity contribution in [3.63, 3.8) is 0 Å². The number of carbonyl (C=O) groups excluding carboxylic acids is 3. The van der Waals surface area contributed by atoms with Crippen molar-refractivity contribution in [3.05, 3.63) is 23.4 Å². The maximum atomic E-state index is 12.1. The van der Waals surface area contributed by atoms with Crippen LogP contribution in [0.1, 0.15) is 12.8 Å². The molecule has 154 valence electrons. The number of pyridine rings is 1. The van der Waals surface area contributed by atoms with Crippen LogP contribution >= 0.6 is 11.6 Å². The number of carbonyl (C=O) groups is 3. The Morgan fingerprint density at radius 2 is 1.89 bits per heavy atom. The summed E-state index contributed by atoms with van der Waals surface area (Å²) in [7, 11) is 0. The first-order valence-electron chi connectivity index (χ1n) is 8.20. The SMILES string of the molecule is O=C(COC(=O)C1CCN(C(=O)OCC(F)(F)F)CC1)Nc1ccc(Cl)cn1. The number of hydrogen-bond acceptors (Lipinski definition) is 6. The highest BCUT2D eigenvalue weighted by molar-refractivity contribution is 6.30. The van der Waals surface area contributed by atoms with E-state index in [1.807, 2.05) is 0 Å². The smallest absolute Gasteiger partial charge is 0.422 e. The zero-order chi connectivity index (χ0) is 20.7. The molecule has 0 aliphatic carbocycles. The fourth-order valence-electron chi connectivity index (χ4n) is 2.42. The Morgan fingerprint density at radius 3 is 2.46 bits per heavy atom. The summed E-state index contributed by atoms with van der Waals surface area (Å²) in [5.74, 6) is -1.52. The molecule has 2 rings (SSSR count). The highest BCUT2D eigenvalue weighted by Gasteiger charge is 2.33. The van der Waals surface area contributed by atoms with Crippen LogP contribution in [-0.2, 0) is 19.1 Å². The number of piperidine rings is 1. The molecule has 1 aromatic heterocycles. The van der Waals surface area contributed by atoms with E-state index in [0.717, 1.165) is 4.90 Å². The number of halogens is 4. The molecule has 8 nitrogen and oxygen atoms in total. The molecule has 1 fully saturated rings. The van der Waals surface area contributed by atoms with E-state index in [9.17, 15) is 27.6 Å². The molecule has 12 heteroatoms. The van der Waals surface area contributed by atoms with Crippen molar-refractivity contribution in [1.82, 2.24) is 9.88 Å². The van der Waals surface area contributed by atoms with E-state index in [-0.39, 0.29) is 31.7 Å². The number of nitrogens with one attached hydrogen (secondary N) is 1. The van der Waals surface area contributed by atoms with Gasteiger partial charge in [-0.15, -0.1) is 0 Å². The Bertz CT molecular complexity index is 706. The summed E-state index contributed by atoms with van der Waals surface area (Å²) in [5, 5.41) is 2.83. The van der Waals surface area contributed by atoms with Crippen molar-refractivity contribution >= 4 is 35.4 Å². The molecule has 2 heterocycles. The Kier molecular flexibility index (Phi) is 7.44. The number of aromatic nitrogens is 1. The molecule has 0 atom stereocenters. The van der Waals surface area contributed by atoms with E-state index in [1.165, 1.54) is 18.3 Å². The number of rotatable bonds is 5. The van der Waals surface area contributed by atoms with Gasteiger partial charge in [-0.05, 0) is 25.0 Å². The zero-order valence-corrected chi connectivity index (χ0v) is 15.3. The second-order valence-electron chi connectivity index (χ2n) is 5.95. The third-order valence-electron chi connectivity index (χ3n) is 3.79. The molecule has 0 aromatic carbocycles. The van der Waals surface area contributed by atoms with Crippen LogP contribution < -0.4 is 5.32 Å². The predicted octanol–water partition coefficient (Wildman–Crippen LogP) is 2.63. The van der Waals surface area contributed by atoms with Crippen LogP contribution in [0, 0.1) is 5.92 Å². The zero-order valence-electron chi connectivity index (χ0n) is 14.5. The van der Waals surface area contributed by atoms with E-state index >= 15 is 0 Å². The summed E-state index contributed by atoms with van der Waals surface area (Å²) >= 11 is 5.68. The summed E-state index contributed by atoms with van der Waals surface area (Å²) in [6.45, 7) is -2.07. The first kappa shape index (κ1) is 21.7. The maximum Gasteiger partial charge on any atom is 0.422 e. The highest BCUT2D eigenvalue weighted by atomic mass is 35.5. The number of hydrogen-bond donors (Lipinski definition) is 1. The quantitative estimate of drug-likeness (QED) is 0.731. The molecule has 1 aliphatic heterocycles. The average molecular weight is 424 g/mol. The summed E-state index contributed by atoms with van der Waals surface area (Å²) in [6.07, 6.45) is -3.95. The molecule has 0 radical (unpaired) electrons. The Balaban J connectivity index is 1.69. The summed E-state index contributed by atoms with van der Waals surface area (Å²) in [4.78, 5) is 40.3. The number of nitrogens with zero attached hydrogens (tertiary/aromatic N) is 2. The van der Waals surface area contributed by atoms with Crippen molar-refractivity contribution < 1.29 is 37.0 Å². The van der Waals surface area contributed by atoms with Crippen molar-refractivity contribution in [3.8, 4) is 0 Å². The number of alkyl halides is 3. The van der Waals surface area contributed by atoms with Gasteiger partial charge in [0.2, 0.25) is 0 Å². The van der Waals surface area contributed by atoms with Gasteiger partial charge in [-0.1, -0.05) is 11.6 Å². The lowest BCUT2D eigenvalue weighted by Crippen LogP contribution is -2.42. The van der Waals surface area contributed by atoms with Crippen molar-refractivity contribution in [2.45, 2.75) is 19.0 Å². The van der Waals surface area contributed by atoms with Crippen LogP contribution in [-0.4, -0.2) is 60.3 Å². The molecule has 0 bridgehead atoms. The van der Waals surface area contributed by atoms with Gasteiger partial charge in [0.1, 0.15) is 5.82 Å². The molecule has 1 aromatic rings. The first-order valence-corrected chi connectivity index (χ1v) is 8.58. The second-order valence-corrected chi connectivity index (χ2v) is 6.39. The minimum atomic E-state index is -4.60. The van der Waals surface area contributed by atoms with Crippen LogP contribution in [0.2, 0.25) is 5.02 Å². The van der Waals surface area contributed by atoms with E-state index in [1.54, 1.807) is 0 Å². The predicted molar refractivity (Wildman–Crippen MR) is 90.5 cm³/mol. The minimum Gasteiger partial charge on any atom is -0.455 e. The third-order valence-corrected chi connectivity index (χ3v) is 4.01. The largest absolute Gasteiger partial charge is 0.455 e. The van der Waals surface area contributed by atoms with E-state index < -0.39 is 43.3 Å². The van der Waals surface area contributed by atoms with Gasteiger partial charge in [-0.3, -0.25) is 9.59 Å². The van der Waals surface area contributed by atoms with Crippen LogP contribution in [0.4, 0.5) is 23.8 Å². The molecule has 1 aliphatic rings. The number of esters is 1. The van der Waals surface area contributed by atoms with Gasteiger partial charge in [-0.2, -0.15) is 13.2 Å². The fourth-order valence-corrected chi connectivity index (χ4v) is 2.53. The van der Waals surface area contributed by atoms with Crippen LogP contribution in [0.3, 0.4) is 0 Å². The number of amides is 2. The third kappa shape index (κ3) is 7.22. The monoisotopic (exact) mass is 423 g/mol.